The lowest BCUT2D eigenvalue weighted by Crippen LogP contribution is -2.42. The van der Waals surface area contributed by atoms with Gasteiger partial charge in [-0.05, 0) is 37.3 Å². The summed E-state index contributed by atoms with van der Waals surface area (Å²) in [6.45, 7) is 1.93. The molecule has 2 aromatic rings. The monoisotopic (exact) mass is 368 g/mol. The third-order valence-electron chi connectivity index (χ3n) is 4.70. The van der Waals surface area contributed by atoms with Crippen molar-refractivity contribution in [2.45, 2.75) is 44.2 Å². The van der Waals surface area contributed by atoms with E-state index in [0.717, 1.165) is 37.2 Å². The van der Waals surface area contributed by atoms with Crippen LogP contribution in [0.1, 0.15) is 31.6 Å². The third-order valence-corrected chi connectivity index (χ3v) is 5.57. The van der Waals surface area contributed by atoms with E-state index in [0.29, 0.717) is 36.6 Å². The van der Waals surface area contributed by atoms with E-state index in [1.807, 2.05) is 17.5 Å². The Morgan fingerprint density at radius 2 is 2.25 bits per heavy atom. The number of carbonyl (C=O) groups excluding carboxylic acids is 1. The summed E-state index contributed by atoms with van der Waals surface area (Å²) < 4.78 is 5.28. The number of carbonyl (C=O) groups is 1. The molecule has 6 nitrogen and oxygen atoms in total. The van der Waals surface area contributed by atoms with Gasteiger partial charge in [0, 0.05) is 31.5 Å². The highest BCUT2D eigenvalue weighted by Gasteiger charge is 2.37. The first-order valence-electron chi connectivity index (χ1n) is 8.19. The number of thiophene rings is 1. The van der Waals surface area contributed by atoms with Gasteiger partial charge in [-0.1, -0.05) is 11.2 Å². The maximum absolute atomic E-state index is 12.6. The summed E-state index contributed by atoms with van der Waals surface area (Å²) in [7, 11) is 0. The lowest BCUT2D eigenvalue weighted by molar-refractivity contribution is -0.133. The van der Waals surface area contributed by atoms with Crippen molar-refractivity contribution in [3.8, 4) is 10.7 Å². The molecule has 0 spiro atoms. The Hall–Kier alpha value is -1.44. The van der Waals surface area contributed by atoms with E-state index >= 15 is 0 Å². The molecule has 24 heavy (non-hydrogen) atoms. The minimum absolute atomic E-state index is 0. The highest BCUT2D eigenvalue weighted by atomic mass is 35.5. The second-order valence-electron chi connectivity index (χ2n) is 6.17. The summed E-state index contributed by atoms with van der Waals surface area (Å²) in [5, 5.41) is 9.40. The van der Waals surface area contributed by atoms with Crippen LogP contribution in [0.15, 0.2) is 22.0 Å². The number of fused-ring (bicyclic) bond motifs is 2. The number of nitrogens with zero attached hydrogens (tertiary/aromatic N) is 3. The van der Waals surface area contributed by atoms with Crippen LogP contribution >= 0.6 is 23.7 Å². The van der Waals surface area contributed by atoms with Crippen LogP contribution in [0.2, 0.25) is 0 Å². The van der Waals surface area contributed by atoms with E-state index in [1.54, 1.807) is 11.3 Å². The molecule has 0 saturated carbocycles. The van der Waals surface area contributed by atoms with E-state index < -0.39 is 0 Å². The standard InChI is InChI=1S/C16H20N4O2S.ClH/c21-15(20-11-3-4-12(20)10-17-8-7-11)6-5-14-18-16(19-22-14)13-2-1-9-23-13;/h1-2,9,11-12,17H,3-8,10H2;1H. The summed E-state index contributed by atoms with van der Waals surface area (Å²) in [5.41, 5.74) is 0. The van der Waals surface area contributed by atoms with E-state index in [2.05, 4.69) is 20.4 Å². The smallest absolute Gasteiger partial charge is 0.227 e. The molecule has 2 aliphatic heterocycles. The van der Waals surface area contributed by atoms with Crippen molar-refractivity contribution in [3.05, 3.63) is 23.4 Å². The zero-order chi connectivity index (χ0) is 15.6. The van der Waals surface area contributed by atoms with E-state index in [4.69, 9.17) is 4.52 Å². The predicted octanol–water partition coefficient (Wildman–Crippen LogP) is 2.51. The van der Waals surface area contributed by atoms with Crippen molar-refractivity contribution < 1.29 is 9.32 Å². The van der Waals surface area contributed by atoms with Crippen molar-refractivity contribution in [1.29, 1.82) is 0 Å². The van der Waals surface area contributed by atoms with Gasteiger partial charge in [0.15, 0.2) is 0 Å². The number of amides is 1. The van der Waals surface area contributed by atoms with Gasteiger partial charge >= 0.3 is 0 Å². The number of nitrogens with one attached hydrogen (secondary N) is 1. The van der Waals surface area contributed by atoms with Gasteiger partial charge < -0.3 is 14.7 Å². The van der Waals surface area contributed by atoms with Crippen LogP contribution in [0, 0.1) is 0 Å². The second kappa shape index (κ2) is 7.63. The lowest BCUT2D eigenvalue weighted by atomic mass is 10.1. The minimum atomic E-state index is 0. The van der Waals surface area contributed by atoms with Crippen LogP contribution in [0.25, 0.3) is 10.7 Å². The molecule has 4 rings (SSSR count). The number of aryl methyl sites for hydroxylation is 1. The molecule has 1 amide bonds. The maximum atomic E-state index is 12.6. The average Bonchev–Trinajstić information content (AvgIpc) is 3.23. The second-order valence-corrected chi connectivity index (χ2v) is 7.12. The highest BCUT2D eigenvalue weighted by Crippen LogP contribution is 2.29. The zero-order valence-electron chi connectivity index (χ0n) is 13.3. The quantitative estimate of drug-likeness (QED) is 0.897. The molecule has 2 saturated heterocycles. The Morgan fingerprint density at radius 1 is 1.38 bits per heavy atom. The molecular weight excluding hydrogens is 348 g/mol. The fraction of sp³-hybridized carbons (Fsp3) is 0.562. The molecule has 0 radical (unpaired) electrons. The molecule has 2 bridgehead atoms. The van der Waals surface area contributed by atoms with E-state index in [1.165, 1.54) is 0 Å². The molecule has 2 fully saturated rings. The molecule has 2 aliphatic rings. The van der Waals surface area contributed by atoms with Crippen LogP contribution in [0.4, 0.5) is 0 Å². The minimum Gasteiger partial charge on any atom is -0.339 e. The van der Waals surface area contributed by atoms with Crippen molar-refractivity contribution in [2.24, 2.45) is 0 Å². The Morgan fingerprint density at radius 3 is 3.08 bits per heavy atom. The van der Waals surface area contributed by atoms with Gasteiger partial charge in [0.1, 0.15) is 0 Å². The number of hydrogen-bond donors (Lipinski definition) is 1. The summed E-state index contributed by atoms with van der Waals surface area (Å²) in [4.78, 5) is 20.1. The van der Waals surface area contributed by atoms with Crippen molar-refractivity contribution in [3.63, 3.8) is 0 Å². The Labute approximate surface area is 151 Å². The van der Waals surface area contributed by atoms with E-state index in [9.17, 15) is 4.79 Å². The van der Waals surface area contributed by atoms with Gasteiger partial charge in [-0.2, -0.15) is 4.98 Å². The molecule has 0 aromatic carbocycles. The first-order chi connectivity index (χ1) is 11.3. The number of halogens is 1. The van der Waals surface area contributed by atoms with Crippen LogP contribution in [0.5, 0.6) is 0 Å². The average molecular weight is 369 g/mol. The molecule has 1 N–H and O–H groups in total. The first-order valence-corrected chi connectivity index (χ1v) is 9.07. The molecule has 2 atom stereocenters. The van der Waals surface area contributed by atoms with Gasteiger partial charge in [0.05, 0.1) is 4.88 Å². The topological polar surface area (TPSA) is 71.3 Å². The normalized spacial score (nSPS) is 22.9. The third kappa shape index (κ3) is 3.48. The highest BCUT2D eigenvalue weighted by molar-refractivity contribution is 7.13. The molecule has 4 heterocycles. The fourth-order valence-electron chi connectivity index (χ4n) is 3.59. The van der Waals surface area contributed by atoms with Crippen molar-refractivity contribution in [2.75, 3.05) is 13.1 Å². The van der Waals surface area contributed by atoms with Crippen molar-refractivity contribution >= 4 is 29.7 Å². The predicted molar refractivity (Wildman–Crippen MR) is 94.3 cm³/mol. The summed E-state index contributed by atoms with van der Waals surface area (Å²) in [6.07, 6.45) is 4.28. The number of aromatic nitrogens is 2. The van der Waals surface area contributed by atoms with E-state index in [-0.39, 0.29) is 18.3 Å². The SMILES string of the molecule is Cl.O=C(CCc1nc(-c2cccs2)no1)N1C2CCNCC1CC2. The van der Waals surface area contributed by atoms with Crippen LogP contribution in [0.3, 0.4) is 0 Å². The Balaban J connectivity index is 0.00000169. The number of rotatable bonds is 4. The maximum Gasteiger partial charge on any atom is 0.227 e. The van der Waals surface area contributed by atoms with Crippen LogP contribution < -0.4 is 5.32 Å². The Kier molecular flexibility index (Phi) is 5.53. The zero-order valence-corrected chi connectivity index (χ0v) is 14.9. The van der Waals surface area contributed by atoms with Gasteiger partial charge in [0.2, 0.25) is 17.6 Å². The number of hydrogen-bond acceptors (Lipinski definition) is 6. The molecule has 2 unspecified atom stereocenters. The van der Waals surface area contributed by atoms with Gasteiger partial charge in [0.25, 0.3) is 0 Å². The summed E-state index contributed by atoms with van der Waals surface area (Å²) >= 11 is 1.58. The molecular formula is C16H21ClN4O2S. The first kappa shape index (κ1) is 17.4. The van der Waals surface area contributed by atoms with Gasteiger partial charge in [-0.3, -0.25) is 4.79 Å². The fourth-order valence-corrected chi connectivity index (χ4v) is 4.24. The Bertz CT molecular complexity index is 661. The van der Waals surface area contributed by atoms with Gasteiger partial charge in [-0.15, -0.1) is 23.7 Å². The summed E-state index contributed by atoms with van der Waals surface area (Å²) in [5.74, 6) is 1.38. The molecule has 0 aliphatic carbocycles. The van der Waals surface area contributed by atoms with Crippen LogP contribution in [-0.2, 0) is 11.2 Å². The molecule has 2 aromatic heterocycles. The van der Waals surface area contributed by atoms with Gasteiger partial charge in [-0.25, -0.2) is 0 Å². The van der Waals surface area contributed by atoms with Crippen molar-refractivity contribution in [1.82, 2.24) is 20.4 Å². The van der Waals surface area contributed by atoms with Crippen LogP contribution in [-0.4, -0.2) is 46.1 Å². The summed E-state index contributed by atoms with van der Waals surface area (Å²) in [6, 6.07) is 4.70. The molecule has 130 valence electrons. The molecule has 8 heteroatoms. The lowest BCUT2D eigenvalue weighted by Gasteiger charge is -2.27. The largest absolute Gasteiger partial charge is 0.339 e.